The van der Waals surface area contributed by atoms with Crippen LogP contribution >= 0.6 is 0 Å². The molecule has 96 valence electrons. The van der Waals surface area contributed by atoms with Crippen molar-refractivity contribution in [1.29, 1.82) is 0 Å². The first-order valence-electron chi connectivity index (χ1n) is 5.97. The van der Waals surface area contributed by atoms with Crippen molar-refractivity contribution in [2.45, 2.75) is 25.7 Å². The average molecular weight is 247 g/mol. The predicted octanol–water partition coefficient (Wildman–Crippen LogP) is 1.83. The molecule has 4 nitrogen and oxygen atoms in total. The molecular formula is C14H17NO3. The van der Waals surface area contributed by atoms with E-state index in [-0.39, 0.29) is 12.0 Å². The fourth-order valence-electron chi connectivity index (χ4n) is 2.02. The Bertz CT molecular complexity index is 473. The minimum atomic E-state index is -0.961. The number of ether oxygens (including phenoxy) is 2. The van der Waals surface area contributed by atoms with E-state index in [2.05, 4.69) is 4.99 Å². The number of allylic oxidation sites excluding steroid dienone is 3. The van der Waals surface area contributed by atoms with Crippen LogP contribution in [0.5, 0.6) is 0 Å². The van der Waals surface area contributed by atoms with Crippen molar-refractivity contribution in [3.05, 3.63) is 36.0 Å². The highest BCUT2D eigenvalue weighted by Gasteiger charge is 2.34. The van der Waals surface area contributed by atoms with E-state index in [1.807, 2.05) is 25.2 Å². The lowest BCUT2D eigenvalue weighted by Crippen LogP contribution is -2.38. The molecule has 2 aliphatic rings. The van der Waals surface area contributed by atoms with Gasteiger partial charge in [-0.1, -0.05) is 6.08 Å². The Morgan fingerprint density at radius 3 is 2.89 bits per heavy atom. The van der Waals surface area contributed by atoms with E-state index in [0.29, 0.717) is 6.61 Å². The molecule has 4 heteroatoms. The second-order valence-corrected chi connectivity index (χ2v) is 4.21. The van der Waals surface area contributed by atoms with E-state index in [1.54, 1.807) is 12.2 Å². The monoisotopic (exact) mass is 247 g/mol. The Kier molecular flexibility index (Phi) is 3.59. The third-order valence-electron chi connectivity index (χ3n) is 3.09. The standard InChI is InChI=1S/C14H17NO3/c1-4-18-13-6-5-11-9-14(17-3,10(2)16)8-7-12(11)15-13/h5-9,13H,4H2,1-3H3. The van der Waals surface area contributed by atoms with Gasteiger partial charge in [-0.05, 0) is 43.7 Å². The van der Waals surface area contributed by atoms with Crippen molar-refractivity contribution in [3.8, 4) is 0 Å². The lowest BCUT2D eigenvalue weighted by molar-refractivity contribution is -0.129. The molecule has 0 aromatic heterocycles. The third kappa shape index (κ3) is 2.21. The Labute approximate surface area is 107 Å². The summed E-state index contributed by atoms with van der Waals surface area (Å²) in [7, 11) is 1.53. The van der Waals surface area contributed by atoms with Gasteiger partial charge in [0, 0.05) is 13.7 Å². The Morgan fingerprint density at radius 1 is 1.50 bits per heavy atom. The molecule has 0 fully saturated rings. The largest absolute Gasteiger partial charge is 0.362 e. The van der Waals surface area contributed by atoms with Crippen LogP contribution < -0.4 is 0 Å². The number of dihydropyridines is 1. The van der Waals surface area contributed by atoms with Crippen LogP contribution in [-0.4, -0.2) is 37.0 Å². The zero-order chi connectivity index (χ0) is 13.2. The molecule has 2 unspecified atom stereocenters. The molecule has 0 aromatic rings. The second-order valence-electron chi connectivity index (χ2n) is 4.21. The highest BCUT2D eigenvalue weighted by atomic mass is 16.5. The minimum Gasteiger partial charge on any atom is -0.362 e. The number of carbonyl (C=O) groups excluding carboxylic acids is 1. The number of carbonyl (C=O) groups is 1. The molecule has 0 saturated heterocycles. The van der Waals surface area contributed by atoms with Crippen molar-refractivity contribution in [2.75, 3.05) is 13.7 Å². The van der Waals surface area contributed by atoms with Crippen LogP contribution in [-0.2, 0) is 14.3 Å². The second kappa shape index (κ2) is 5.00. The Hall–Kier alpha value is -1.52. The average Bonchev–Trinajstić information content (AvgIpc) is 2.38. The molecule has 0 aromatic carbocycles. The normalized spacial score (nSPS) is 29.6. The highest BCUT2D eigenvalue weighted by Crippen LogP contribution is 2.26. The van der Waals surface area contributed by atoms with Crippen molar-refractivity contribution in [2.24, 2.45) is 4.99 Å². The van der Waals surface area contributed by atoms with Gasteiger partial charge in [-0.25, -0.2) is 4.99 Å². The summed E-state index contributed by atoms with van der Waals surface area (Å²) in [5.41, 5.74) is 0.757. The van der Waals surface area contributed by atoms with E-state index in [0.717, 1.165) is 11.3 Å². The van der Waals surface area contributed by atoms with Gasteiger partial charge in [-0.3, -0.25) is 4.79 Å². The van der Waals surface area contributed by atoms with Gasteiger partial charge in [0.15, 0.2) is 17.6 Å². The zero-order valence-corrected chi connectivity index (χ0v) is 10.8. The fourth-order valence-corrected chi connectivity index (χ4v) is 2.02. The van der Waals surface area contributed by atoms with Gasteiger partial charge in [-0.2, -0.15) is 0 Å². The molecule has 2 atom stereocenters. The summed E-state index contributed by atoms with van der Waals surface area (Å²) < 4.78 is 10.8. The molecular weight excluding hydrogens is 230 g/mol. The van der Waals surface area contributed by atoms with Crippen molar-refractivity contribution >= 4 is 11.5 Å². The first-order valence-corrected chi connectivity index (χ1v) is 5.97. The third-order valence-corrected chi connectivity index (χ3v) is 3.09. The van der Waals surface area contributed by atoms with Crippen molar-refractivity contribution in [1.82, 2.24) is 0 Å². The molecule has 1 aliphatic carbocycles. The van der Waals surface area contributed by atoms with Crippen LogP contribution in [0.25, 0.3) is 0 Å². The number of methoxy groups -OCH3 is 1. The number of fused-ring (bicyclic) bond motifs is 1. The van der Waals surface area contributed by atoms with Crippen LogP contribution in [0.15, 0.2) is 40.9 Å². The van der Waals surface area contributed by atoms with E-state index in [4.69, 9.17) is 9.47 Å². The zero-order valence-electron chi connectivity index (χ0n) is 10.8. The molecule has 2 rings (SSSR count). The van der Waals surface area contributed by atoms with E-state index in [1.165, 1.54) is 14.0 Å². The predicted molar refractivity (Wildman–Crippen MR) is 69.6 cm³/mol. The molecule has 0 amide bonds. The molecule has 1 aliphatic heterocycles. The fraction of sp³-hybridized carbons (Fsp3) is 0.429. The van der Waals surface area contributed by atoms with Crippen molar-refractivity contribution < 1.29 is 14.3 Å². The molecule has 0 spiro atoms. The highest BCUT2D eigenvalue weighted by molar-refractivity contribution is 6.14. The van der Waals surface area contributed by atoms with Gasteiger partial charge in [0.1, 0.15) is 0 Å². The first kappa shape index (κ1) is 12.9. The van der Waals surface area contributed by atoms with Crippen LogP contribution in [0.4, 0.5) is 0 Å². The lowest BCUT2D eigenvalue weighted by atomic mass is 9.87. The van der Waals surface area contributed by atoms with Crippen LogP contribution in [0, 0.1) is 0 Å². The van der Waals surface area contributed by atoms with E-state index in [9.17, 15) is 4.79 Å². The maximum atomic E-state index is 11.7. The maximum absolute atomic E-state index is 11.7. The number of ketones is 1. The number of Topliss-reactive ketones (excluding diaryl/α,β-unsaturated/α-hetero) is 1. The molecule has 0 bridgehead atoms. The first-order chi connectivity index (χ1) is 8.61. The number of rotatable bonds is 4. The summed E-state index contributed by atoms with van der Waals surface area (Å²) in [4.78, 5) is 16.1. The summed E-state index contributed by atoms with van der Waals surface area (Å²) in [6.45, 7) is 4.06. The topological polar surface area (TPSA) is 47.9 Å². The molecule has 0 radical (unpaired) electrons. The van der Waals surface area contributed by atoms with Crippen LogP contribution in [0.2, 0.25) is 0 Å². The number of nitrogens with zero attached hydrogens (tertiary/aromatic N) is 1. The molecule has 0 saturated carbocycles. The van der Waals surface area contributed by atoms with Gasteiger partial charge in [0.2, 0.25) is 0 Å². The Balaban J connectivity index is 2.30. The summed E-state index contributed by atoms with van der Waals surface area (Å²) >= 11 is 0. The van der Waals surface area contributed by atoms with Crippen LogP contribution in [0.1, 0.15) is 13.8 Å². The molecule has 18 heavy (non-hydrogen) atoms. The summed E-state index contributed by atoms with van der Waals surface area (Å²) in [6.07, 6.45) is 8.91. The number of hydrogen-bond donors (Lipinski definition) is 0. The lowest BCUT2D eigenvalue weighted by Gasteiger charge is -2.28. The number of aliphatic imine (C=N–C) groups is 1. The Morgan fingerprint density at radius 2 is 2.28 bits per heavy atom. The quantitative estimate of drug-likeness (QED) is 0.761. The summed E-state index contributed by atoms with van der Waals surface area (Å²) in [6, 6.07) is 0. The number of hydrogen-bond acceptors (Lipinski definition) is 4. The van der Waals surface area contributed by atoms with E-state index >= 15 is 0 Å². The summed E-state index contributed by atoms with van der Waals surface area (Å²) in [5, 5.41) is 0. The van der Waals surface area contributed by atoms with Gasteiger partial charge in [0.05, 0.1) is 5.71 Å². The summed E-state index contributed by atoms with van der Waals surface area (Å²) in [5.74, 6) is -0.0480. The van der Waals surface area contributed by atoms with Gasteiger partial charge < -0.3 is 9.47 Å². The maximum Gasteiger partial charge on any atom is 0.169 e. The van der Waals surface area contributed by atoms with Crippen LogP contribution in [0.3, 0.4) is 0 Å². The molecule has 1 heterocycles. The van der Waals surface area contributed by atoms with Crippen molar-refractivity contribution in [3.63, 3.8) is 0 Å². The van der Waals surface area contributed by atoms with Gasteiger partial charge in [0.25, 0.3) is 0 Å². The minimum absolute atomic E-state index is 0.0480. The smallest absolute Gasteiger partial charge is 0.169 e. The molecule has 0 N–H and O–H groups in total. The van der Waals surface area contributed by atoms with Gasteiger partial charge in [-0.15, -0.1) is 0 Å². The SMILES string of the molecule is CCOC1C=CC2=CC(OC)(C(C)=O)C=CC2=N1. The van der Waals surface area contributed by atoms with E-state index < -0.39 is 5.60 Å². The van der Waals surface area contributed by atoms with Gasteiger partial charge >= 0.3 is 0 Å².